The van der Waals surface area contributed by atoms with E-state index in [1.165, 1.54) is 11.1 Å². The fourth-order valence-electron chi connectivity index (χ4n) is 1.91. The lowest BCUT2D eigenvalue weighted by Crippen LogP contribution is -2.38. The summed E-state index contributed by atoms with van der Waals surface area (Å²) < 4.78 is 0. The number of carboxylic acid groups (broad SMARTS) is 1. The molecule has 0 heterocycles. The average Bonchev–Trinajstić information content (AvgIpc) is 3.04. The molecule has 86 valence electrons. The lowest BCUT2D eigenvalue weighted by molar-refractivity contribution is -0.140. The molecule has 0 aromatic heterocycles. The summed E-state index contributed by atoms with van der Waals surface area (Å²) in [7, 11) is 0. The van der Waals surface area contributed by atoms with Gasteiger partial charge in [-0.2, -0.15) is 0 Å². The molecule has 16 heavy (non-hydrogen) atoms. The predicted octanol–water partition coefficient (Wildman–Crippen LogP) is 1.95. The lowest BCUT2D eigenvalue weighted by atomic mass is 10.1. The molecule has 2 rings (SSSR count). The fraction of sp³-hybridized carbons (Fsp3) is 0.462. The second-order valence-corrected chi connectivity index (χ2v) is 4.46. The Hall–Kier alpha value is -1.35. The van der Waals surface area contributed by atoms with Gasteiger partial charge in [0.1, 0.15) is 6.04 Å². The van der Waals surface area contributed by atoms with Crippen LogP contribution in [0.15, 0.2) is 24.3 Å². The van der Waals surface area contributed by atoms with Crippen molar-refractivity contribution in [1.82, 2.24) is 5.32 Å². The Bertz CT molecular complexity index is 385. The van der Waals surface area contributed by atoms with Crippen LogP contribution < -0.4 is 5.32 Å². The molecule has 0 aliphatic heterocycles. The SMILES string of the molecule is Cc1ccccc1CNC(C(=O)O)C1CC1. The highest BCUT2D eigenvalue weighted by Gasteiger charge is 2.35. The van der Waals surface area contributed by atoms with Crippen LogP contribution >= 0.6 is 0 Å². The molecular formula is C13H17NO2. The van der Waals surface area contributed by atoms with Crippen LogP contribution in [0.4, 0.5) is 0 Å². The van der Waals surface area contributed by atoms with Gasteiger partial charge < -0.3 is 10.4 Å². The standard InChI is InChI=1S/C13H17NO2/c1-9-4-2-3-5-11(9)8-14-12(13(15)16)10-6-7-10/h2-5,10,12,14H,6-8H2,1H3,(H,15,16). The molecule has 0 saturated heterocycles. The highest BCUT2D eigenvalue weighted by molar-refractivity contribution is 5.74. The normalized spacial score (nSPS) is 17.1. The number of hydrogen-bond acceptors (Lipinski definition) is 2. The van der Waals surface area contributed by atoms with Gasteiger partial charge in [-0.25, -0.2) is 0 Å². The Balaban J connectivity index is 1.95. The third-order valence-corrected chi connectivity index (χ3v) is 3.13. The minimum absolute atomic E-state index is 0.335. The number of benzene rings is 1. The van der Waals surface area contributed by atoms with Crippen molar-refractivity contribution in [2.45, 2.75) is 32.4 Å². The van der Waals surface area contributed by atoms with Gasteiger partial charge >= 0.3 is 5.97 Å². The predicted molar refractivity (Wildman–Crippen MR) is 62.2 cm³/mol. The number of nitrogens with one attached hydrogen (secondary N) is 1. The molecule has 0 amide bonds. The van der Waals surface area contributed by atoms with Crippen LogP contribution in [0.5, 0.6) is 0 Å². The first kappa shape index (κ1) is 11.1. The highest BCUT2D eigenvalue weighted by Crippen LogP contribution is 2.32. The smallest absolute Gasteiger partial charge is 0.320 e. The van der Waals surface area contributed by atoms with Crippen molar-refractivity contribution in [3.63, 3.8) is 0 Å². The molecule has 1 saturated carbocycles. The maximum atomic E-state index is 11.0. The molecule has 1 atom stereocenters. The monoisotopic (exact) mass is 219 g/mol. The summed E-state index contributed by atoms with van der Waals surface area (Å²) in [5.74, 6) is -0.391. The van der Waals surface area contributed by atoms with Crippen LogP contribution in [0.1, 0.15) is 24.0 Å². The van der Waals surface area contributed by atoms with Gasteiger partial charge in [0.2, 0.25) is 0 Å². The average molecular weight is 219 g/mol. The van der Waals surface area contributed by atoms with E-state index >= 15 is 0 Å². The van der Waals surface area contributed by atoms with E-state index < -0.39 is 5.97 Å². The van der Waals surface area contributed by atoms with Crippen molar-refractivity contribution in [2.75, 3.05) is 0 Å². The number of aliphatic carboxylic acids is 1. The van der Waals surface area contributed by atoms with E-state index in [2.05, 4.69) is 5.32 Å². The van der Waals surface area contributed by atoms with Gasteiger partial charge in [0.15, 0.2) is 0 Å². The molecule has 1 aliphatic rings. The number of aryl methyl sites for hydroxylation is 1. The van der Waals surface area contributed by atoms with E-state index in [0.29, 0.717) is 12.5 Å². The first-order valence-corrected chi connectivity index (χ1v) is 5.69. The molecule has 2 N–H and O–H groups in total. The molecule has 1 aromatic carbocycles. The Kier molecular flexibility index (Phi) is 3.25. The lowest BCUT2D eigenvalue weighted by Gasteiger charge is -2.14. The van der Waals surface area contributed by atoms with E-state index in [9.17, 15) is 4.79 Å². The summed E-state index contributed by atoms with van der Waals surface area (Å²) in [6.07, 6.45) is 2.08. The van der Waals surface area contributed by atoms with Gasteiger partial charge in [0.05, 0.1) is 0 Å². The van der Waals surface area contributed by atoms with Gasteiger partial charge in [-0.05, 0) is 36.8 Å². The fourth-order valence-corrected chi connectivity index (χ4v) is 1.91. The summed E-state index contributed by atoms with van der Waals surface area (Å²) in [5, 5.41) is 12.2. The van der Waals surface area contributed by atoms with Crippen molar-refractivity contribution in [1.29, 1.82) is 0 Å². The van der Waals surface area contributed by atoms with E-state index in [1.807, 2.05) is 31.2 Å². The van der Waals surface area contributed by atoms with Gasteiger partial charge in [0.25, 0.3) is 0 Å². The molecular weight excluding hydrogens is 202 g/mol. The van der Waals surface area contributed by atoms with E-state index in [0.717, 1.165) is 12.8 Å². The number of carboxylic acids is 1. The topological polar surface area (TPSA) is 49.3 Å². The molecule has 0 bridgehead atoms. The zero-order valence-electron chi connectivity index (χ0n) is 9.44. The number of hydrogen-bond donors (Lipinski definition) is 2. The summed E-state index contributed by atoms with van der Waals surface area (Å²) in [4.78, 5) is 11.0. The molecule has 0 radical (unpaired) electrons. The summed E-state index contributed by atoms with van der Waals surface area (Å²) in [5.41, 5.74) is 2.38. The molecule has 1 fully saturated rings. The maximum absolute atomic E-state index is 11.0. The molecule has 1 aromatic rings. The van der Waals surface area contributed by atoms with Crippen molar-refractivity contribution in [3.05, 3.63) is 35.4 Å². The molecule has 0 spiro atoms. The largest absolute Gasteiger partial charge is 0.480 e. The van der Waals surface area contributed by atoms with Crippen LogP contribution in [0.25, 0.3) is 0 Å². The van der Waals surface area contributed by atoms with Crippen molar-refractivity contribution in [3.8, 4) is 0 Å². The Morgan fingerprint density at radius 2 is 2.19 bits per heavy atom. The van der Waals surface area contributed by atoms with Crippen molar-refractivity contribution < 1.29 is 9.90 Å². The first-order valence-electron chi connectivity index (χ1n) is 5.69. The van der Waals surface area contributed by atoms with Crippen molar-refractivity contribution >= 4 is 5.97 Å². The Morgan fingerprint density at radius 3 is 2.75 bits per heavy atom. The van der Waals surface area contributed by atoms with Gasteiger partial charge in [-0.15, -0.1) is 0 Å². The quantitative estimate of drug-likeness (QED) is 0.795. The van der Waals surface area contributed by atoms with Crippen LogP contribution in [0.2, 0.25) is 0 Å². The van der Waals surface area contributed by atoms with Gasteiger partial charge in [0, 0.05) is 6.54 Å². The second-order valence-electron chi connectivity index (χ2n) is 4.46. The summed E-state index contributed by atoms with van der Waals surface area (Å²) in [6, 6.07) is 7.68. The molecule has 3 heteroatoms. The minimum atomic E-state index is -0.726. The Labute approximate surface area is 95.5 Å². The summed E-state index contributed by atoms with van der Waals surface area (Å²) >= 11 is 0. The second kappa shape index (κ2) is 4.66. The molecule has 1 unspecified atom stereocenters. The van der Waals surface area contributed by atoms with Crippen LogP contribution in [-0.2, 0) is 11.3 Å². The van der Waals surface area contributed by atoms with E-state index in [4.69, 9.17) is 5.11 Å². The summed E-state index contributed by atoms with van der Waals surface area (Å²) in [6.45, 7) is 2.68. The third kappa shape index (κ3) is 2.61. The van der Waals surface area contributed by atoms with E-state index in [1.54, 1.807) is 0 Å². The number of rotatable bonds is 5. The van der Waals surface area contributed by atoms with Gasteiger partial charge in [-0.3, -0.25) is 4.79 Å². The number of carbonyl (C=O) groups is 1. The molecule has 3 nitrogen and oxygen atoms in total. The Morgan fingerprint density at radius 1 is 1.50 bits per heavy atom. The minimum Gasteiger partial charge on any atom is -0.480 e. The zero-order valence-corrected chi connectivity index (χ0v) is 9.44. The van der Waals surface area contributed by atoms with Gasteiger partial charge in [-0.1, -0.05) is 24.3 Å². The highest BCUT2D eigenvalue weighted by atomic mass is 16.4. The van der Waals surface area contributed by atoms with E-state index in [-0.39, 0.29) is 6.04 Å². The van der Waals surface area contributed by atoms with Crippen molar-refractivity contribution in [2.24, 2.45) is 5.92 Å². The molecule has 1 aliphatic carbocycles. The van der Waals surface area contributed by atoms with Crippen LogP contribution in [-0.4, -0.2) is 17.1 Å². The zero-order chi connectivity index (χ0) is 11.5. The van der Waals surface area contributed by atoms with Crippen LogP contribution in [0.3, 0.4) is 0 Å². The van der Waals surface area contributed by atoms with Crippen LogP contribution in [0, 0.1) is 12.8 Å². The first-order chi connectivity index (χ1) is 7.68. The maximum Gasteiger partial charge on any atom is 0.320 e. The third-order valence-electron chi connectivity index (χ3n) is 3.13.